The lowest BCUT2D eigenvalue weighted by Gasteiger charge is -2.25. The minimum atomic E-state index is 0.0563. The molecule has 1 atom stereocenters. The third-order valence-corrected chi connectivity index (χ3v) is 2.36. The molecule has 13 heavy (non-hydrogen) atoms. The number of fused-ring (bicyclic) bond motifs is 1. The Morgan fingerprint density at radius 3 is 3.15 bits per heavy atom. The second kappa shape index (κ2) is 3.26. The Balaban J connectivity index is 2.32. The number of phenols is 1. The Bertz CT molecular complexity index is 312. The van der Waals surface area contributed by atoms with Crippen molar-refractivity contribution in [3.63, 3.8) is 0 Å². The zero-order valence-corrected chi connectivity index (χ0v) is 7.36. The van der Waals surface area contributed by atoms with Crippen LogP contribution in [0.15, 0.2) is 18.2 Å². The largest absolute Gasteiger partial charge is 0.504 e. The normalized spacial score (nSPS) is 20.5. The van der Waals surface area contributed by atoms with E-state index in [0.717, 1.165) is 18.4 Å². The lowest BCUT2D eigenvalue weighted by Crippen LogP contribution is -2.30. The average molecular weight is 179 g/mol. The van der Waals surface area contributed by atoms with Crippen LogP contribution in [0.3, 0.4) is 0 Å². The summed E-state index contributed by atoms with van der Waals surface area (Å²) in [4.78, 5) is 0. The Morgan fingerprint density at radius 1 is 1.54 bits per heavy atom. The van der Waals surface area contributed by atoms with E-state index in [9.17, 15) is 5.11 Å². The number of hydrogen-bond acceptors (Lipinski definition) is 3. The van der Waals surface area contributed by atoms with Crippen molar-refractivity contribution in [2.75, 3.05) is 6.54 Å². The average Bonchev–Trinajstić information content (AvgIpc) is 2.18. The fourth-order valence-corrected chi connectivity index (χ4v) is 1.61. The monoisotopic (exact) mass is 179 g/mol. The Labute approximate surface area is 77.1 Å². The van der Waals surface area contributed by atoms with Crippen molar-refractivity contribution in [2.24, 2.45) is 5.73 Å². The van der Waals surface area contributed by atoms with Crippen molar-refractivity contribution in [1.82, 2.24) is 0 Å². The predicted octanol–water partition coefficient (Wildman–Crippen LogP) is 1.04. The van der Waals surface area contributed by atoms with Crippen LogP contribution in [0.5, 0.6) is 11.5 Å². The molecule has 0 spiro atoms. The lowest BCUT2D eigenvalue weighted by molar-refractivity contribution is 0.174. The summed E-state index contributed by atoms with van der Waals surface area (Å²) in [6, 6.07) is 5.44. The first-order chi connectivity index (χ1) is 6.31. The minimum Gasteiger partial charge on any atom is -0.504 e. The molecule has 1 aliphatic rings. The van der Waals surface area contributed by atoms with Gasteiger partial charge in [-0.1, -0.05) is 12.1 Å². The molecule has 3 heteroatoms. The van der Waals surface area contributed by atoms with Gasteiger partial charge in [-0.25, -0.2) is 0 Å². The minimum absolute atomic E-state index is 0.0563. The highest BCUT2D eigenvalue weighted by molar-refractivity contribution is 5.46. The van der Waals surface area contributed by atoms with Crippen LogP contribution < -0.4 is 10.5 Å². The molecule has 70 valence electrons. The van der Waals surface area contributed by atoms with Gasteiger partial charge < -0.3 is 15.6 Å². The van der Waals surface area contributed by atoms with Gasteiger partial charge in [-0.15, -0.1) is 0 Å². The van der Waals surface area contributed by atoms with E-state index in [0.29, 0.717) is 12.3 Å². The van der Waals surface area contributed by atoms with Gasteiger partial charge in [0.1, 0.15) is 6.10 Å². The molecule has 0 aromatic heterocycles. The number of aryl methyl sites for hydroxylation is 1. The molecule has 0 unspecified atom stereocenters. The second-order valence-corrected chi connectivity index (χ2v) is 3.28. The van der Waals surface area contributed by atoms with E-state index in [1.165, 1.54) is 0 Å². The van der Waals surface area contributed by atoms with Crippen LogP contribution in [0.4, 0.5) is 0 Å². The summed E-state index contributed by atoms with van der Waals surface area (Å²) >= 11 is 0. The van der Waals surface area contributed by atoms with Crippen molar-refractivity contribution in [2.45, 2.75) is 18.9 Å². The van der Waals surface area contributed by atoms with E-state index in [1.54, 1.807) is 6.07 Å². The van der Waals surface area contributed by atoms with Crippen molar-refractivity contribution in [3.05, 3.63) is 23.8 Å². The van der Waals surface area contributed by atoms with Gasteiger partial charge in [0.2, 0.25) is 0 Å². The van der Waals surface area contributed by atoms with Gasteiger partial charge in [0.25, 0.3) is 0 Å². The van der Waals surface area contributed by atoms with Gasteiger partial charge in [-0.2, -0.15) is 0 Å². The van der Waals surface area contributed by atoms with Crippen LogP contribution in [0.2, 0.25) is 0 Å². The summed E-state index contributed by atoms with van der Waals surface area (Å²) in [6.07, 6.45) is 1.93. The lowest BCUT2D eigenvalue weighted by atomic mass is 10.0. The molecule has 0 radical (unpaired) electrons. The molecule has 0 amide bonds. The van der Waals surface area contributed by atoms with Crippen LogP contribution in [0.25, 0.3) is 0 Å². The topological polar surface area (TPSA) is 55.5 Å². The van der Waals surface area contributed by atoms with Crippen LogP contribution in [-0.2, 0) is 6.42 Å². The SMILES string of the molecule is NC[C@H]1CCc2cccc(O)c2O1. The molecule has 3 nitrogen and oxygen atoms in total. The first kappa shape index (κ1) is 8.38. The summed E-state index contributed by atoms with van der Waals surface area (Å²) in [5, 5.41) is 9.50. The first-order valence-electron chi connectivity index (χ1n) is 4.49. The van der Waals surface area contributed by atoms with Crippen molar-refractivity contribution in [1.29, 1.82) is 0 Å². The molecule has 1 heterocycles. The van der Waals surface area contributed by atoms with E-state index in [-0.39, 0.29) is 11.9 Å². The highest BCUT2D eigenvalue weighted by Gasteiger charge is 2.20. The maximum Gasteiger partial charge on any atom is 0.164 e. The Morgan fingerprint density at radius 2 is 2.38 bits per heavy atom. The molecule has 3 N–H and O–H groups in total. The molecule has 1 aromatic carbocycles. The fourth-order valence-electron chi connectivity index (χ4n) is 1.61. The number of ether oxygens (including phenoxy) is 1. The second-order valence-electron chi connectivity index (χ2n) is 3.28. The first-order valence-corrected chi connectivity index (χ1v) is 4.49. The highest BCUT2D eigenvalue weighted by atomic mass is 16.5. The van der Waals surface area contributed by atoms with Gasteiger partial charge in [0, 0.05) is 6.54 Å². The van der Waals surface area contributed by atoms with Gasteiger partial charge >= 0.3 is 0 Å². The molecule has 0 saturated carbocycles. The van der Waals surface area contributed by atoms with Crippen molar-refractivity contribution in [3.8, 4) is 11.5 Å². The van der Waals surface area contributed by atoms with E-state index in [1.807, 2.05) is 12.1 Å². The smallest absolute Gasteiger partial charge is 0.164 e. The van der Waals surface area contributed by atoms with Crippen LogP contribution in [-0.4, -0.2) is 17.8 Å². The molecular formula is C10H13NO2. The van der Waals surface area contributed by atoms with Gasteiger partial charge in [-0.05, 0) is 24.5 Å². The van der Waals surface area contributed by atoms with E-state index < -0.39 is 0 Å². The number of nitrogens with two attached hydrogens (primary N) is 1. The third kappa shape index (κ3) is 1.47. The summed E-state index contributed by atoms with van der Waals surface area (Å²) in [6.45, 7) is 0.508. The number of benzene rings is 1. The van der Waals surface area contributed by atoms with Crippen molar-refractivity contribution >= 4 is 0 Å². The third-order valence-electron chi connectivity index (χ3n) is 2.36. The summed E-state index contributed by atoms with van der Waals surface area (Å²) in [5.74, 6) is 0.833. The van der Waals surface area contributed by atoms with Gasteiger partial charge in [0.05, 0.1) is 0 Å². The zero-order chi connectivity index (χ0) is 9.26. The summed E-state index contributed by atoms with van der Waals surface area (Å²) in [7, 11) is 0. The Hall–Kier alpha value is -1.22. The molecule has 0 bridgehead atoms. The number of para-hydroxylation sites is 1. The fraction of sp³-hybridized carbons (Fsp3) is 0.400. The quantitative estimate of drug-likeness (QED) is 0.677. The maximum atomic E-state index is 9.50. The van der Waals surface area contributed by atoms with E-state index in [4.69, 9.17) is 10.5 Å². The zero-order valence-electron chi connectivity index (χ0n) is 7.36. The predicted molar refractivity (Wildman–Crippen MR) is 49.9 cm³/mol. The van der Waals surface area contributed by atoms with Crippen molar-refractivity contribution < 1.29 is 9.84 Å². The molecule has 1 aromatic rings. The standard InChI is InChI=1S/C10H13NO2/c11-6-8-5-4-7-2-1-3-9(12)10(7)13-8/h1-3,8,12H,4-6,11H2/t8-/m1/s1. The molecule has 1 aliphatic heterocycles. The number of phenolic OH excluding ortho intramolecular Hbond substituents is 1. The molecular weight excluding hydrogens is 166 g/mol. The van der Waals surface area contributed by atoms with Gasteiger partial charge in [-0.3, -0.25) is 0 Å². The van der Waals surface area contributed by atoms with E-state index in [2.05, 4.69) is 0 Å². The summed E-state index contributed by atoms with van der Waals surface area (Å²) < 4.78 is 5.54. The van der Waals surface area contributed by atoms with Crippen LogP contribution >= 0.6 is 0 Å². The van der Waals surface area contributed by atoms with Crippen LogP contribution in [0, 0.1) is 0 Å². The van der Waals surface area contributed by atoms with E-state index >= 15 is 0 Å². The molecule has 0 fully saturated rings. The molecule has 0 saturated heterocycles. The molecule has 0 aliphatic carbocycles. The molecule has 2 rings (SSSR count). The number of aromatic hydroxyl groups is 1. The Kier molecular flexibility index (Phi) is 2.10. The van der Waals surface area contributed by atoms with Gasteiger partial charge in [0.15, 0.2) is 11.5 Å². The maximum absolute atomic E-state index is 9.50. The summed E-state index contributed by atoms with van der Waals surface area (Å²) in [5.41, 5.74) is 6.58. The van der Waals surface area contributed by atoms with Crippen LogP contribution in [0.1, 0.15) is 12.0 Å². The number of hydrogen-bond donors (Lipinski definition) is 2. The highest BCUT2D eigenvalue weighted by Crippen LogP contribution is 2.35. The number of rotatable bonds is 1.